The van der Waals surface area contributed by atoms with Gasteiger partial charge >= 0.3 is 0 Å². The van der Waals surface area contributed by atoms with E-state index in [4.69, 9.17) is 4.42 Å². The molecule has 6 heteroatoms. The first kappa shape index (κ1) is 15.1. The highest BCUT2D eigenvalue weighted by Gasteiger charge is 2.24. The predicted octanol–water partition coefficient (Wildman–Crippen LogP) is 3.24. The van der Waals surface area contributed by atoms with Gasteiger partial charge < -0.3 is 9.73 Å². The number of allylic oxidation sites excluding steroid dienone is 2. The van der Waals surface area contributed by atoms with E-state index >= 15 is 0 Å². The van der Waals surface area contributed by atoms with E-state index in [0.717, 1.165) is 11.8 Å². The van der Waals surface area contributed by atoms with Gasteiger partial charge in [0.25, 0.3) is 11.8 Å². The van der Waals surface area contributed by atoms with Gasteiger partial charge in [-0.1, -0.05) is 24.3 Å². The molecule has 3 rings (SSSR count). The van der Waals surface area contributed by atoms with Crippen LogP contribution in [-0.4, -0.2) is 17.0 Å². The molecule has 0 saturated carbocycles. The number of amides is 2. The van der Waals surface area contributed by atoms with Gasteiger partial charge in [0.1, 0.15) is 5.76 Å². The van der Waals surface area contributed by atoms with Gasteiger partial charge in [-0.25, -0.2) is 0 Å². The summed E-state index contributed by atoms with van der Waals surface area (Å²) in [5.41, 5.74) is 0.477. The lowest BCUT2D eigenvalue weighted by Crippen LogP contribution is -2.20. The van der Waals surface area contributed by atoms with Crippen molar-refractivity contribution in [2.75, 3.05) is 0 Å². The minimum atomic E-state index is -0.388. The summed E-state index contributed by atoms with van der Waals surface area (Å²) in [6, 6.07) is 12.3. The fraction of sp³-hybridized carbons (Fsp3) is 0. The van der Waals surface area contributed by atoms with E-state index < -0.39 is 0 Å². The average molecular weight is 324 g/mol. The van der Waals surface area contributed by atoms with Gasteiger partial charge in [-0.3, -0.25) is 9.59 Å². The summed E-state index contributed by atoms with van der Waals surface area (Å²) < 4.78 is 5.16. The molecule has 1 aromatic carbocycles. The third-order valence-electron chi connectivity index (χ3n) is 2.93. The maximum Gasteiger partial charge on any atom is 0.279 e. The summed E-state index contributed by atoms with van der Waals surface area (Å²) >= 11 is 1.13. The number of carbonyl (C=O) groups excluding carboxylic acids is 2. The summed E-state index contributed by atoms with van der Waals surface area (Å²) in [6.45, 7) is 0. The van der Waals surface area contributed by atoms with Crippen LogP contribution in [0.5, 0.6) is 0 Å². The zero-order valence-electron chi connectivity index (χ0n) is 11.9. The molecule has 1 saturated heterocycles. The van der Waals surface area contributed by atoms with E-state index in [2.05, 4.69) is 10.3 Å². The van der Waals surface area contributed by atoms with Crippen LogP contribution in [-0.2, 0) is 4.79 Å². The van der Waals surface area contributed by atoms with Crippen LogP contribution in [0.2, 0.25) is 0 Å². The molecule has 1 aliphatic heterocycles. The highest BCUT2D eigenvalue weighted by Crippen LogP contribution is 2.24. The fourth-order valence-corrected chi connectivity index (χ4v) is 2.62. The smallest absolute Gasteiger partial charge is 0.279 e. The number of rotatable bonds is 3. The molecular formula is C17H12N2O3S. The first-order valence-electron chi connectivity index (χ1n) is 6.81. The van der Waals surface area contributed by atoms with Crippen LogP contribution < -0.4 is 5.32 Å². The Hall–Kier alpha value is -2.86. The van der Waals surface area contributed by atoms with E-state index in [1.165, 1.54) is 0 Å². The molecule has 2 aromatic rings. The molecular weight excluding hydrogens is 312 g/mol. The Balaban J connectivity index is 1.69. The fourth-order valence-electron chi connectivity index (χ4n) is 1.85. The number of aliphatic imine (C=N–C) groups is 1. The van der Waals surface area contributed by atoms with Crippen LogP contribution in [0.3, 0.4) is 0 Å². The Morgan fingerprint density at radius 2 is 2.00 bits per heavy atom. The second kappa shape index (κ2) is 6.93. The minimum absolute atomic E-state index is 0.279. The van der Waals surface area contributed by atoms with Crippen molar-refractivity contribution in [3.05, 3.63) is 77.1 Å². The second-order valence-electron chi connectivity index (χ2n) is 4.55. The van der Waals surface area contributed by atoms with Crippen LogP contribution in [0, 0.1) is 0 Å². The Morgan fingerprint density at radius 3 is 2.74 bits per heavy atom. The van der Waals surface area contributed by atoms with Crippen molar-refractivity contribution in [1.29, 1.82) is 0 Å². The number of hydrogen-bond acceptors (Lipinski definition) is 4. The summed E-state index contributed by atoms with van der Waals surface area (Å²) in [5.74, 6) is 0.0258. The maximum atomic E-state index is 12.0. The molecule has 0 spiro atoms. The topological polar surface area (TPSA) is 71.7 Å². The zero-order chi connectivity index (χ0) is 16.1. The van der Waals surface area contributed by atoms with E-state index in [1.807, 2.05) is 12.1 Å². The van der Waals surface area contributed by atoms with Crippen LogP contribution in [0.1, 0.15) is 16.1 Å². The standard InChI is InChI=1S/C17H12N2O3S/c20-15(12-6-2-1-3-7-12)18-17-19-16(21)14(23-17)10-4-8-13-9-5-11-22-13/h1-11H,(H,18,19,20,21)/b8-4+,14-10-. The van der Waals surface area contributed by atoms with Crippen molar-refractivity contribution in [3.8, 4) is 0 Å². The van der Waals surface area contributed by atoms with Gasteiger partial charge in [0.2, 0.25) is 0 Å². The Kier molecular flexibility index (Phi) is 4.54. The first-order valence-corrected chi connectivity index (χ1v) is 7.63. The van der Waals surface area contributed by atoms with Crippen molar-refractivity contribution in [1.82, 2.24) is 5.32 Å². The van der Waals surface area contributed by atoms with Crippen LogP contribution in [0.4, 0.5) is 0 Å². The molecule has 0 radical (unpaired) electrons. The minimum Gasteiger partial charge on any atom is -0.465 e. The first-order chi connectivity index (χ1) is 11.2. The largest absolute Gasteiger partial charge is 0.465 e. The quantitative estimate of drug-likeness (QED) is 0.880. The van der Waals surface area contributed by atoms with Crippen LogP contribution in [0.25, 0.3) is 6.08 Å². The van der Waals surface area contributed by atoms with Crippen molar-refractivity contribution in [2.24, 2.45) is 4.99 Å². The number of carbonyl (C=O) groups is 2. The van der Waals surface area contributed by atoms with E-state index in [0.29, 0.717) is 16.2 Å². The average Bonchev–Trinajstić information content (AvgIpc) is 3.19. The van der Waals surface area contributed by atoms with E-state index in [9.17, 15) is 9.59 Å². The molecule has 23 heavy (non-hydrogen) atoms. The Labute approximate surface area is 136 Å². The molecule has 2 amide bonds. The number of amidine groups is 1. The molecule has 2 heterocycles. The second-order valence-corrected chi connectivity index (χ2v) is 5.58. The summed E-state index contributed by atoms with van der Waals surface area (Å²) in [6.07, 6.45) is 6.68. The van der Waals surface area contributed by atoms with Crippen LogP contribution in [0.15, 0.2) is 75.2 Å². The zero-order valence-corrected chi connectivity index (χ0v) is 12.7. The highest BCUT2D eigenvalue weighted by molar-refractivity contribution is 8.18. The molecule has 1 aliphatic rings. The summed E-state index contributed by atoms with van der Waals surface area (Å²) in [5, 5.41) is 2.86. The SMILES string of the molecule is O=C1NC(=NC(=O)c2ccccc2)S/C1=C\C=C\c1ccco1. The summed E-state index contributed by atoms with van der Waals surface area (Å²) in [4.78, 5) is 28.2. The Morgan fingerprint density at radius 1 is 1.17 bits per heavy atom. The predicted molar refractivity (Wildman–Crippen MR) is 89.8 cm³/mol. The number of nitrogens with one attached hydrogen (secondary N) is 1. The van der Waals surface area contributed by atoms with Gasteiger partial charge in [-0.05, 0) is 48.2 Å². The van der Waals surface area contributed by atoms with Gasteiger partial charge in [0.05, 0.1) is 11.2 Å². The highest BCUT2D eigenvalue weighted by atomic mass is 32.2. The molecule has 0 aliphatic carbocycles. The third kappa shape index (κ3) is 3.87. The van der Waals surface area contributed by atoms with Gasteiger partial charge in [0, 0.05) is 5.56 Å². The summed E-state index contributed by atoms with van der Waals surface area (Å²) in [7, 11) is 0. The van der Waals surface area contributed by atoms with Gasteiger partial charge in [-0.2, -0.15) is 4.99 Å². The lowest BCUT2D eigenvalue weighted by Gasteiger charge is -1.95. The third-order valence-corrected chi connectivity index (χ3v) is 3.85. The van der Waals surface area contributed by atoms with Gasteiger partial charge in [0.15, 0.2) is 5.17 Å². The van der Waals surface area contributed by atoms with Crippen molar-refractivity contribution in [3.63, 3.8) is 0 Å². The van der Waals surface area contributed by atoms with E-state index in [-0.39, 0.29) is 17.0 Å². The Bertz CT molecular complexity index is 806. The van der Waals surface area contributed by atoms with Crippen molar-refractivity contribution in [2.45, 2.75) is 0 Å². The molecule has 1 fully saturated rings. The molecule has 0 unspecified atom stereocenters. The molecule has 1 N–H and O–H groups in total. The molecule has 0 bridgehead atoms. The number of nitrogens with zero attached hydrogens (tertiary/aromatic N) is 1. The molecule has 114 valence electrons. The molecule has 0 atom stereocenters. The molecule has 1 aromatic heterocycles. The maximum absolute atomic E-state index is 12.0. The number of thioether (sulfide) groups is 1. The van der Waals surface area contributed by atoms with Gasteiger partial charge in [-0.15, -0.1) is 0 Å². The number of hydrogen-bond donors (Lipinski definition) is 1. The molecule has 5 nitrogen and oxygen atoms in total. The normalized spacial score (nSPS) is 18.0. The van der Waals surface area contributed by atoms with E-state index in [1.54, 1.807) is 54.8 Å². The lowest BCUT2D eigenvalue weighted by atomic mass is 10.2. The number of benzene rings is 1. The van der Waals surface area contributed by atoms with Crippen LogP contribution >= 0.6 is 11.8 Å². The van der Waals surface area contributed by atoms with Crippen molar-refractivity contribution < 1.29 is 14.0 Å². The number of furan rings is 1. The van der Waals surface area contributed by atoms with Crippen molar-refractivity contribution >= 4 is 34.8 Å². The lowest BCUT2D eigenvalue weighted by molar-refractivity contribution is -0.115. The monoisotopic (exact) mass is 324 g/mol.